The van der Waals surface area contributed by atoms with Crippen molar-refractivity contribution >= 4 is 0 Å². The normalized spacial score (nSPS) is 35.1. The summed E-state index contributed by atoms with van der Waals surface area (Å²) >= 11 is 0. The van der Waals surface area contributed by atoms with Crippen LogP contribution < -0.4 is 9.47 Å². The van der Waals surface area contributed by atoms with E-state index in [1.165, 1.54) is 0 Å². The molecule has 0 spiro atoms. The molecule has 0 aromatic heterocycles. The molecule has 3 heterocycles. The van der Waals surface area contributed by atoms with Crippen LogP contribution in [0.2, 0.25) is 0 Å². The lowest BCUT2D eigenvalue weighted by Crippen LogP contribution is -2.53. The first-order chi connectivity index (χ1) is 13.5. The van der Waals surface area contributed by atoms with Crippen molar-refractivity contribution in [1.82, 2.24) is 9.80 Å². The van der Waals surface area contributed by atoms with E-state index in [1.807, 2.05) is 6.07 Å². The Labute approximate surface area is 163 Å². The molecule has 8 heteroatoms. The topological polar surface area (TPSA) is 54.4 Å². The smallest absolute Gasteiger partial charge is 0.395 e. The summed E-state index contributed by atoms with van der Waals surface area (Å²) in [6, 6.07) is 5.23. The van der Waals surface area contributed by atoms with E-state index < -0.39 is 6.29 Å². The summed E-state index contributed by atoms with van der Waals surface area (Å²) in [6.45, 7) is 5.87. The van der Waals surface area contributed by atoms with Gasteiger partial charge in [-0.3, -0.25) is 9.80 Å². The number of benzene rings is 1. The van der Waals surface area contributed by atoms with Crippen LogP contribution in [0.4, 0.5) is 8.78 Å². The largest absolute Gasteiger partial charge is 0.586 e. The van der Waals surface area contributed by atoms with E-state index >= 15 is 0 Å². The highest BCUT2D eigenvalue weighted by atomic mass is 19.3. The Morgan fingerprint density at radius 3 is 2.54 bits per heavy atom. The zero-order valence-corrected chi connectivity index (χ0v) is 15.7. The minimum Gasteiger partial charge on any atom is -0.395 e. The zero-order valence-electron chi connectivity index (χ0n) is 15.7. The minimum atomic E-state index is -3.58. The lowest BCUT2D eigenvalue weighted by atomic mass is 9.77. The Bertz CT molecular complexity index is 728. The number of alkyl halides is 2. The molecular formula is C20H26F2N2O4. The molecule has 3 fully saturated rings. The minimum absolute atomic E-state index is 0.0836. The van der Waals surface area contributed by atoms with Crippen LogP contribution in [0.3, 0.4) is 0 Å². The summed E-state index contributed by atoms with van der Waals surface area (Å²) in [5.74, 6) is 1.24. The predicted octanol–water partition coefficient (Wildman–Crippen LogP) is 1.91. The second-order valence-electron chi connectivity index (χ2n) is 8.42. The SMILES string of the molecule is O[C@@H]1C[C@H]2CN(Cc3ccc4c(c3)OC(F)(F)O4)C[C@H]2C[C@H]1N1CCOCC1. The highest BCUT2D eigenvalue weighted by Gasteiger charge is 2.45. The Balaban J connectivity index is 1.22. The molecule has 154 valence electrons. The Morgan fingerprint density at radius 1 is 1.04 bits per heavy atom. The second kappa shape index (κ2) is 7.09. The fraction of sp³-hybridized carbons (Fsp3) is 0.700. The summed E-state index contributed by atoms with van der Waals surface area (Å²) < 4.78 is 40.9. The number of morpholine rings is 1. The maximum atomic E-state index is 13.2. The summed E-state index contributed by atoms with van der Waals surface area (Å²) in [4.78, 5) is 4.74. The number of hydrogen-bond donors (Lipinski definition) is 1. The van der Waals surface area contributed by atoms with E-state index in [0.717, 1.165) is 57.8 Å². The van der Waals surface area contributed by atoms with Gasteiger partial charge in [-0.25, -0.2) is 0 Å². The van der Waals surface area contributed by atoms with Crippen molar-refractivity contribution in [2.24, 2.45) is 11.8 Å². The first kappa shape index (κ1) is 18.5. The van der Waals surface area contributed by atoms with Crippen molar-refractivity contribution in [3.05, 3.63) is 23.8 Å². The molecule has 1 aromatic carbocycles. The lowest BCUT2D eigenvalue weighted by molar-refractivity contribution is -0.286. The van der Waals surface area contributed by atoms with Crippen molar-refractivity contribution in [3.8, 4) is 11.5 Å². The van der Waals surface area contributed by atoms with E-state index in [9.17, 15) is 13.9 Å². The van der Waals surface area contributed by atoms with Gasteiger partial charge in [-0.2, -0.15) is 0 Å². The maximum absolute atomic E-state index is 13.2. The standard InChI is InChI=1S/C20H26F2N2O4/c21-20(22)27-18-2-1-13(7-19(18)28-20)10-23-11-14-8-16(17(25)9-15(14)12-23)24-3-5-26-6-4-24/h1-2,7,14-17,25H,3-6,8-12H2/t14-,15+,16-,17-/m1/s1. The average molecular weight is 396 g/mol. The molecule has 4 aliphatic rings. The number of likely N-dealkylation sites (tertiary alicyclic amines) is 1. The Kier molecular flexibility index (Phi) is 4.70. The quantitative estimate of drug-likeness (QED) is 0.843. The summed E-state index contributed by atoms with van der Waals surface area (Å²) in [6.07, 6.45) is -2.02. The molecule has 0 radical (unpaired) electrons. The summed E-state index contributed by atoms with van der Waals surface area (Å²) in [5.41, 5.74) is 0.934. The van der Waals surface area contributed by atoms with Crippen LogP contribution in [0.25, 0.3) is 0 Å². The van der Waals surface area contributed by atoms with Crippen LogP contribution in [0.5, 0.6) is 11.5 Å². The molecule has 0 unspecified atom stereocenters. The number of aliphatic hydroxyl groups excluding tert-OH is 1. The van der Waals surface area contributed by atoms with Crippen LogP contribution in [-0.2, 0) is 11.3 Å². The number of ether oxygens (including phenoxy) is 3. The third-order valence-electron chi connectivity index (χ3n) is 6.57. The third-order valence-corrected chi connectivity index (χ3v) is 6.57. The molecule has 6 nitrogen and oxygen atoms in total. The van der Waals surface area contributed by atoms with Gasteiger partial charge < -0.3 is 19.3 Å². The van der Waals surface area contributed by atoms with E-state index in [1.54, 1.807) is 12.1 Å². The second-order valence-corrected chi connectivity index (χ2v) is 8.42. The highest BCUT2D eigenvalue weighted by molar-refractivity contribution is 5.45. The van der Waals surface area contributed by atoms with Gasteiger partial charge in [0.05, 0.1) is 19.3 Å². The maximum Gasteiger partial charge on any atom is 0.586 e. The van der Waals surface area contributed by atoms with Gasteiger partial charge in [0.15, 0.2) is 11.5 Å². The van der Waals surface area contributed by atoms with Crippen LogP contribution in [0.15, 0.2) is 18.2 Å². The van der Waals surface area contributed by atoms with Crippen LogP contribution in [0.1, 0.15) is 18.4 Å². The van der Waals surface area contributed by atoms with E-state index in [-0.39, 0.29) is 23.6 Å². The van der Waals surface area contributed by atoms with Crippen molar-refractivity contribution in [2.75, 3.05) is 39.4 Å². The first-order valence-electron chi connectivity index (χ1n) is 10.1. The van der Waals surface area contributed by atoms with Crippen molar-refractivity contribution in [1.29, 1.82) is 0 Å². The molecule has 2 saturated heterocycles. The van der Waals surface area contributed by atoms with Crippen molar-refractivity contribution in [2.45, 2.75) is 37.8 Å². The van der Waals surface area contributed by atoms with Crippen LogP contribution >= 0.6 is 0 Å². The van der Waals surface area contributed by atoms with E-state index in [0.29, 0.717) is 18.4 Å². The molecular weight excluding hydrogens is 370 g/mol. The molecule has 5 rings (SSSR count). The highest BCUT2D eigenvalue weighted by Crippen LogP contribution is 2.42. The van der Waals surface area contributed by atoms with Crippen LogP contribution in [0, 0.1) is 11.8 Å². The number of halogens is 2. The number of hydrogen-bond acceptors (Lipinski definition) is 6. The van der Waals surface area contributed by atoms with E-state index in [4.69, 9.17) is 4.74 Å². The van der Waals surface area contributed by atoms with Gasteiger partial charge in [0, 0.05) is 38.8 Å². The summed E-state index contributed by atoms with van der Waals surface area (Å²) in [5, 5.41) is 10.7. The van der Waals surface area contributed by atoms with E-state index in [2.05, 4.69) is 19.3 Å². The molecule has 4 atom stereocenters. The van der Waals surface area contributed by atoms with Gasteiger partial charge in [0.2, 0.25) is 0 Å². The summed E-state index contributed by atoms with van der Waals surface area (Å²) in [7, 11) is 0. The first-order valence-corrected chi connectivity index (χ1v) is 10.1. The number of aliphatic hydroxyl groups is 1. The van der Waals surface area contributed by atoms with Gasteiger partial charge in [0.1, 0.15) is 0 Å². The van der Waals surface area contributed by atoms with Gasteiger partial charge in [-0.05, 0) is 42.4 Å². The molecule has 1 saturated carbocycles. The molecule has 3 aliphatic heterocycles. The van der Waals surface area contributed by atoms with Crippen LogP contribution in [-0.4, -0.2) is 72.7 Å². The third kappa shape index (κ3) is 3.58. The molecule has 1 aliphatic carbocycles. The van der Waals surface area contributed by atoms with Gasteiger partial charge in [-0.15, -0.1) is 8.78 Å². The number of fused-ring (bicyclic) bond motifs is 2. The van der Waals surface area contributed by atoms with Crippen molar-refractivity contribution in [3.63, 3.8) is 0 Å². The van der Waals surface area contributed by atoms with Gasteiger partial charge >= 0.3 is 6.29 Å². The molecule has 28 heavy (non-hydrogen) atoms. The van der Waals surface area contributed by atoms with Crippen molar-refractivity contribution < 1.29 is 28.1 Å². The fourth-order valence-corrected chi connectivity index (χ4v) is 5.29. The fourth-order valence-electron chi connectivity index (χ4n) is 5.29. The molecule has 1 N–H and O–H groups in total. The number of rotatable bonds is 3. The lowest BCUT2D eigenvalue weighted by Gasteiger charge is -2.43. The average Bonchev–Trinajstić information content (AvgIpc) is 3.19. The monoisotopic (exact) mass is 396 g/mol. The van der Waals surface area contributed by atoms with Gasteiger partial charge in [0.25, 0.3) is 0 Å². The zero-order chi connectivity index (χ0) is 19.3. The molecule has 0 bridgehead atoms. The molecule has 1 aromatic rings. The number of nitrogens with zero attached hydrogens (tertiary/aromatic N) is 2. The Hall–Kier alpha value is -1.48. The van der Waals surface area contributed by atoms with Gasteiger partial charge in [-0.1, -0.05) is 6.07 Å². The molecule has 0 amide bonds. The predicted molar refractivity (Wildman–Crippen MR) is 96.3 cm³/mol. The Morgan fingerprint density at radius 2 is 1.75 bits per heavy atom.